The predicted octanol–water partition coefficient (Wildman–Crippen LogP) is 1.78. The van der Waals surface area contributed by atoms with Gasteiger partial charge in [-0.1, -0.05) is 42.5 Å². The number of hydrogen-bond acceptors (Lipinski definition) is 3. The maximum atomic E-state index is 12.5. The van der Waals surface area contributed by atoms with Gasteiger partial charge in [-0.25, -0.2) is 0 Å². The standard InChI is InChI=1S/C21H22N2O3/c24-21(20-13-16-5-3-4-8-19(16)26-20)22-14-17-6-1-2-7-18(17)15-23-9-11-25-12-10-23/h1-8,13H,9-12,14-15H2,(H,22,24)/p+1. The predicted molar refractivity (Wildman–Crippen MR) is 99.0 cm³/mol. The number of carbonyl (C=O) groups is 1. The lowest BCUT2D eigenvalue weighted by atomic mass is 10.1. The van der Waals surface area contributed by atoms with Crippen molar-refractivity contribution < 1.29 is 18.8 Å². The lowest BCUT2D eigenvalue weighted by Crippen LogP contribution is -3.12. The topological polar surface area (TPSA) is 55.9 Å². The quantitative estimate of drug-likeness (QED) is 0.737. The molecular weight excluding hydrogens is 328 g/mol. The van der Waals surface area contributed by atoms with E-state index in [9.17, 15) is 4.79 Å². The molecule has 0 bridgehead atoms. The minimum atomic E-state index is -0.185. The Balaban J connectivity index is 1.43. The van der Waals surface area contributed by atoms with Crippen LogP contribution in [0.15, 0.2) is 59.0 Å². The second kappa shape index (κ2) is 7.72. The summed E-state index contributed by atoms with van der Waals surface area (Å²) in [5.41, 5.74) is 3.15. The van der Waals surface area contributed by atoms with Crippen LogP contribution in [-0.2, 0) is 17.8 Å². The fourth-order valence-electron chi connectivity index (χ4n) is 3.36. The van der Waals surface area contributed by atoms with Crippen molar-refractivity contribution in [3.63, 3.8) is 0 Å². The molecule has 0 saturated carbocycles. The Labute approximate surface area is 152 Å². The van der Waals surface area contributed by atoms with E-state index >= 15 is 0 Å². The van der Waals surface area contributed by atoms with Gasteiger partial charge >= 0.3 is 0 Å². The number of fused-ring (bicyclic) bond motifs is 1. The van der Waals surface area contributed by atoms with Crippen molar-refractivity contribution in [2.24, 2.45) is 0 Å². The molecule has 1 amide bonds. The fourth-order valence-corrected chi connectivity index (χ4v) is 3.36. The Kier molecular flexibility index (Phi) is 5.00. The number of carbonyl (C=O) groups excluding carboxylic acids is 1. The van der Waals surface area contributed by atoms with E-state index in [4.69, 9.17) is 9.15 Å². The minimum Gasteiger partial charge on any atom is -0.451 e. The second-order valence-corrected chi connectivity index (χ2v) is 6.64. The smallest absolute Gasteiger partial charge is 0.287 e. The Morgan fingerprint density at radius 1 is 1.00 bits per heavy atom. The summed E-state index contributed by atoms with van der Waals surface area (Å²) in [6, 6.07) is 17.7. The van der Waals surface area contributed by atoms with Gasteiger partial charge in [0.1, 0.15) is 25.2 Å². The first-order chi connectivity index (χ1) is 12.8. The Bertz CT molecular complexity index is 864. The summed E-state index contributed by atoms with van der Waals surface area (Å²) in [5, 5.41) is 3.93. The van der Waals surface area contributed by atoms with E-state index in [0.717, 1.165) is 49.4 Å². The number of furan rings is 1. The largest absolute Gasteiger partial charge is 0.451 e. The van der Waals surface area contributed by atoms with Gasteiger partial charge in [-0.15, -0.1) is 0 Å². The molecule has 2 N–H and O–H groups in total. The number of benzene rings is 2. The molecule has 1 aliphatic rings. The molecule has 0 aliphatic carbocycles. The van der Waals surface area contributed by atoms with Crippen LogP contribution in [-0.4, -0.2) is 32.2 Å². The summed E-state index contributed by atoms with van der Waals surface area (Å²) in [6.07, 6.45) is 0. The van der Waals surface area contributed by atoms with Crippen LogP contribution >= 0.6 is 0 Å². The molecule has 4 rings (SSSR count). The number of morpholine rings is 1. The van der Waals surface area contributed by atoms with Crippen LogP contribution in [0.5, 0.6) is 0 Å². The molecule has 5 heteroatoms. The first-order valence-electron chi connectivity index (χ1n) is 9.04. The molecule has 3 aromatic rings. The number of para-hydroxylation sites is 1. The van der Waals surface area contributed by atoms with Crippen molar-refractivity contribution in [3.05, 3.63) is 71.5 Å². The number of amides is 1. The van der Waals surface area contributed by atoms with E-state index in [2.05, 4.69) is 23.5 Å². The SMILES string of the molecule is O=C(NCc1ccccc1C[NH+]1CCOCC1)c1cc2ccccc2o1. The van der Waals surface area contributed by atoms with Crippen molar-refractivity contribution in [3.8, 4) is 0 Å². The Hall–Kier alpha value is -2.63. The van der Waals surface area contributed by atoms with Crippen LogP contribution in [0.1, 0.15) is 21.7 Å². The molecule has 5 nitrogen and oxygen atoms in total. The van der Waals surface area contributed by atoms with Crippen LogP contribution < -0.4 is 10.2 Å². The monoisotopic (exact) mass is 351 g/mol. The maximum absolute atomic E-state index is 12.5. The third kappa shape index (κ3) is 3.79. The van der Waals surface area contributed by atoms with Gasteiger partial charge in [0, 0.05) is 17.5 Å². The number of nitrogens with one attached hydrogen (secondary N) is 2. The van der Waals surface area contributed by atoms with Crippen LogP contribution in [0.25, 0.3) is 11.0 Å². The zero-order chi connectivity index (χ0) is 17.8. The van der Waals surface area contributed by atoms with Crippen LogP contribution in [0, 0.1) is 0 Å². The first kappa shape index (κ1) is 16.8. The summed E-state index contributed by atoms with van der Waals surface area (Å²) in [6.45, 7) is 5.15. The summed E-state index contributed by atoms with van der Waals surface area (Å²) >= 11 is 0. The van der Waals surface area contributed by atoms with Gasteiger partial charge in [0.15, 0.2) is 5.76 Å². The highest BCUT2D eigenvalue weighted by Gasteiger charge is 2.17. The lowest BCUT2D eigenvalue weighted by molar-refractivity contribution is -0.921. The molecule has 2 aromatic carbocycles. The van der Waals surface area contributed by atoms with Crippen molar-refractivity contribution in [2.75, 3.05) is 26.3 Å². The summed E-state index contributed by atoms with van der Waals surface area (Å²) in [5.74, 6) is 0.164. The Morgan fingerprint density at radius 2 is 1.73 bits per heavy atom. The summed E-state index contributed by atoms with van der Waals surface area (Å²) in [4.78, 5) is 14.0. The molecule has 1 saturated heterocycles. The van der Waals surface area contributed by atoms with Gasteiger partial charge in [-0.2, -0.15) is 0 Å². The third-order valence-electron chi connectivity index (χ3n) is 4.85. The van der Waals surface area contributed by atoms with Gasteiger partial charge in [-0.05, 0) is 17.7 Å². The number of rotatable bonds is 5. The minimum absolute atomic E-state index is 0.185. The highest BCUT2D eigenvalue weighted by molar-refractivity contribution is 5.96. The molecule has 0 unspecified atom stereocenters. The summed E-state index contributed by atoms with van der Waals surface area (Å²) < 4.78 is 11.1. The Morgan fingerprint density at radius 3 is 2.54 bits per heavy atom. The third-order valence-corrected chi connectivity index (χ3v) is 4.85. The molecule has 1 aromatic heterocycles. The second-order valence-electron chi connectivity index (χ2n) is 6.64. The van der Waals surface area contributed by atoms with E-state index in [1.807, 2.05) is 30.3 Å². The van der Waals surface area contributed by atoms with Crippen molar-refractivity contribution in [2.45, 2.75) is 13.1 Å². The molecule has 1 fully saturated rings. The highest BCUT2D eigenvalue weighted by Crippen LogP contribution is 2.18. The molecule has 134 valence electrons. The van der Waals surface area contributed by atoms with E-state index in [0.29, 0.717) is 12.3 Å². The maximum Gasteiger partial charge on any atom is 0.287 e. The fraction of sp³-hybridized carbons (Fsp3) is 0.286. The highest BCUT2D eigenvalue weighted by atomic mass is 16.5. The molecule has 0 spiro atoms. The van der Waals surface area contributed by atoms with Crippen LogP contribution in [0.3, 0.4) is 0 Å². The van der Waals surface area contributed by atoms with Gasteiger partial charge in [0.05, 0.1) is 13.2 Å². The van der Waals surface area contributed by atoms with Gasteiger partial charge < -0.3 is 19.4 Å². The van der Waals surface area contributed by atoms with Crippen molar-refractivity contribution >= 4 is 16.9 Å². The van der Waals surface area contributed by atoms with Crippen molar-refractivity contribution in [1.29, 1.82) is 0 Å². The number of hydrogen-bond donors (Lipinski definition) is 2. The van der Waals surface area contributed by atoms with Gasteiger partial charge in [0.2, 0.25) is 0 Å². The molecular formula is C21H23N2O3+. The van der Waals surface area contributed by atoms with E-state index in [1.165, 1.54) is 10.5 Å². The molecule has 1 aliphatic heterocycles. The average molecular weight is 351 g/mol. The number of quaternary nitrogens is 1. The summed E-state index contributed by atoms with van der Waals surface area (Å²) in [7, 11) is 0. The van der Waals surface area contributed by atoms with E-state index in [1.54, 1.807) is 6.07 Å². The van der Waals surface area contributed by atoms with Crippen LogP contribution in [0.2, 0.25) is 0 Å². The van der Waals surface area contributed by atoms with Gasteiger partial charge in [0.25, 0.3) is 5.91 Å². The van der Waals surface area contributed by atoms with Crippen LogP contribution in [0.4, 0.5) is 0 Å². The number of ether oxygens (including phenoxy) is 1. The van der Waals surface area contributed by atoms with E-state index in [-0.39, 0.29) is 5.91 Å². The van der Waals surface area contributed by atoms with Crippen molar-refractivity contribution in [1.82, 2.24) is 5.32 Å². The van der Waals surface area contributed by atoms with E-state index < -0.39 is 0 Å². The molecule has 2 heterocycles. The lowest BCUT2D eigenvalue weighted by Gasteiger charge is -2.24. The first-order valence-corrected chi connectivity index (χ1v) is 9.04. The molecule has 26 heavy (non-hydrogen) atoms. The zero-order valence-corrected chi connectivity index (χ0v) is 14.7. The molecule has 0 radical (unpaired) electrons. The zero-order valence-electron chi connectivity index (χ0n) is 14.7. The average Bonchev–Trinajstić information content (AvgIpc) is 3.12. The molecule has 0 atom stereocenters. The van der Waals surface area contributed by atoms with Gasteiger partial charge in [-0.3, -0.25) is 4.79 Å². The normalized spacial score (nSPS) is 15.2.